The number of aromatic nitrogens is 5. The van der Waals surface area contributed by atoms with E-state index in [4.69, 9.17) is 4.74 Å². The molecular formula is C22H25N7O2. The Bertz CT molecular complexity index is 1070. The van der Waals surface area contributed by atoms with Crippen LogP contribution in [0.5, 0.6) is 11.6 Å². The minimum atomic E-state index is 0.0866. The van der Waals surface area contributed by atoms with Gasteiger partial charge in [-0.2, -0.15) is 0 Å². The van der Waals surface area contributed by atoms with Gasteiger partial charge in [0.1, 0.15) is 17.8 Å². The van der Waals surface area contributed by atoms with Gasteiger partial charge in [-0.1, -0.05) is 6.07 Å². The van der Waals surface area contributed by atoms with Crippen LogP contribution in [0.3, 0.4) is 0 Å². The number of ether oxygens (including phenoxy) is 1. The van der Waals surface area contributed by atoms with E-state index in [9.17, 15) is 5.11 Å². The van der Waals surface area contributed by atoms with Gasteiger partial charge in [0.15, 0.2) is 0 Å². The molecule has 0 radical (unpaired) electrons. The molecule has 3 heterocycles. The molecule has 1 saturated heterocycles. The molecule has 1 aliphatic carbocycles. The van der Waals surface area contributed by atoms with Gasteiger partial charge in [0.05, 0.1) is 19.0 Å². The topological polar surface area (TPSA) is 109 Å². The zero-order valence-electron chi connectivity index (χ0n) is 17.6. The summed E-state index contributed by atoms with van der Waals surface area (Å²) in [4.78, 5) is 15.0. The molecular weight excluding hydrogens is 394 g/mol. The van der Waals surface area contributed by atoms with Gasteiger partial charge in [0.2, 0.25) is 11.8 Å². The molecule has 0 spiro atoms. The lowest BCUT2D eigenvalue weighted by atomic mass is 10.1. The molecule has 9 heteroatoms. The molecule has 0 amide bonds. The third kappa shape index (κ3) is 4.13. The lowest BCUT2D eigenvalue weighted by Gasteiger charge is -2.37. The van der Waals surface area contributed by atoms with Crippen molar-refractivity contribution in [2.45, 2.75) is 31.8 Å². The number of anilines is 1. The molecule has 1 aliphatic heterocycles. The summed E-state index contributed by atoms with van der Waals surface area (Å²) in [6.45, 7) is 3.95. The number of methoxy groups -OCH3 is 1. The van der Waals surface area contributed by atoms with Crippen molar-refractivity contribution in [3.8, 4) is 34.1 Å². The van der Waals surface area contributed by atoms with Crippen LogP contribution in [0.1, 0.15) is 19.8 Å². The number of phenolic OH excluding ortho intramolecular Hbond substituents is 1. The SMILES string of the molecule is COc1cc(-c2ccc(-c3cnc(N4C[C@@H](C)N[C@@H](C5CC5)C4)nn3)c(O)c2)ncn1. The van der Waals surface area contributed by atoms with E-state index in [1.807, 2.05) is 6.07 Å². The van der Waals surface area contributed by atoms with Crippen molar-refractivity contribution in [3.63, 3.8) is 0 Å². The van der Waals surface area contributed by atoms with Crippen LogP contribution in [0, 0.1) is 5.92 Å². The third-order valence-electron chi connectivity index (χ3n) is 5.85. The Morgan fingerprint density at radius 2 is 1.94 bits per heavy atom. The van der Waals surface area contributed by atoms with Crippen LogP contribution in [-0.2, 0) is 0 Å². The highest BCUT2D eigenvalue weighted by Crippen LogP contribution is 2.35. The molecule has 0 bridgehead atoms. The van der Waals surface area contributed by atoms with Gasteiger partial charge in [-0.3, -0.25) is 0 Å². The lowest BCUT2D eigenvalue weighted by molar-refractivity contribution is 0.355. The Balaban J connectivity index is 1.35. The van der Waals surface area contributed by atoms with Gasteiger partial charge in [-0.25, -0.2) is 15.0 Å². The highest BCUT2D eigenvalue weighted by molar-refractivity contribution is 5.72. The third-order valence-corrected chi connectivity index (χ3v) is 5.85. The molecule has 9 nitrogen and oxygen atoms in total. The van der Waals surface area contributed by atoms with E-state index in [1.54, 1.807) is 31.5 Å². The molecule has 160 valence electrons. The fourth-order valence-electron chi connectivity index (χ4n) is 4.11. The number of benzene rings is 1. The van der Waals surface area contributed by atoms with Crippen LogP contribution < -0.4 is 15.0 Å². The molecule has 2 aromatic heterocycles. The number of hydrogen-bond acceptors (Lipinski definition) is 9. The highest BCUT2D eigenvalue weighted by Gasteiger charge is 2.36. The predicted octanol–water partition coefficient (Wildman–Crippen LogP) is 2.29. The van der Waals surface area contributed by atoms with Crippen LogP contribution >= 0.6 is 0 Å². The summed E-state index contributed by atoms with van der Waals surface area (Å²) >= 11 is 0. The minimum absolute atomic E-state index is 0.0866. The van der Waals surface area contributed by atoms with Crippen molar-refractivity contribution in [1.82, 2.24) is 30.5 Å². The van der Waals surface area contributed by atoms with Gasteiger partial charge in [0.25, 0.3) is 0 Å². The van der Waals surface area contributed by atoms with Gasteiger partial charge < -0.3 is 20.1 Å². The largest absolute Gasteiger partial charge is 0.507 e. The summed E-state index contributed by atoms with van der Waals surface area (Å²) in [5.74, 6) is 1.95. The van der Waals surface area contributed by atoms with E-state index in [0.29, 0.717) is 40.9 Å². The van der Waals surface area contributed by atoms with Crippen molar-refractivity contribution in [2.24, 2.45) is 5.92 Å². The maximum Gasteiger partial charge on any atom is 0.245 e. The van der Waals surface area contributed by atoms with Crippen LogP contribution in [0.4, 0.5) is 5.95 Å². The molecule has 1 saturated carbocycles. The Hall–Kier alpha value is -3.33. The summed E-state index contributed by atoms with van der Waals surface area (Å²) < 4.78 is 5.14. The first-order valence-electron chi connectivity index (χ1n) is 10.5. The maximum absolute atomic E-state index is 10.6. The average molecular weight is 419 g/mol. The zero-order chi connectivity index (χ0) is 21.4. The Labute approximate surface area is 180 Å². The zero-order valence-corrected chi connectivity index (χ0v) is 17.6. The number of aromatic hydroxyl groups is 1. The van der Waals surface area contributed by atoms with Crippen LogP contribution in [0.2, 0.25) is 0 Å². The van der Waals surface area contributed by atoms with E-state index in [1.165, 1.54) is 19.2 Å². The summed E-state index contributed by atoms with van der Waals surface area (Å²) in [7, 11) is 1.55. The van der Waals surface area contributed by atoms with Crippen molar-refractivity contribution in [2.75, 3.05) is 25.1 Å². The molecule has 1 aromatic carbocycles. The van der Waals surface area contributed by atoms with E-state index in [-0.39, 0.29) is 5.75 Å². The smallest absolute Gasteiger partial charge is 0.245 e. The minimum Gasteiger partial charge on any atom is -0.507 e. The molecule has 2 aliphatic rings. The van der Waals surface area contributed by atoms with Crippen LogP contribution in [0.25, 0.3) is 22.5 Å². The number of piperazine rings is 1. The van der Waals surface area contributed by atoms with E-state index >= 15 is 0 Å². The fraction of sp³-hybridized carbons (Fsp3) is 0.409. The van der Waals surface area contributed by atoms with E-state index in [2.05, 4.69) is 42.3 Å². The second-order valence-corrected chi connectivity index (χ2v) is 8.24. The van der Waals surface area contributed by atoms with Crippen LogP contribution in [0.15, 0.2) is 36.8 Å². The number of rotatable bonds is 5. The van der Waals surface area contributed by atoms with E-state index in [0.717, 1.165) is 24.6 Å². The molecule has 0 unspecified atom stereocenters. The first-order chi connectivity index (χ1) is 15.1. The number of hydrogen-bond donors (Lipinski definition) is 2. The van der Waals surface area contributed by atoms with E-state index < -0.39 is 0 Å². The molecule has 2 fully saturated rings. The quantitative estimate of drug-likeness (QED) is 0.644. The fourth-order valence-corrected chi connectivity index (χ4v) is 4.11. The van der Waals surface area contributed by atoms with Crippen LogP contribution in [-0.4, -0.2) is 62.5 Å². The Morgan fingerprint density at radius 3 is 2.65 bits per heavy atom. The Kier molecular flexibility index (Phi) is 5.11. The number of nitrogens with one attached hydrogen (secondary N) is 1. The molecule has 2 N–H and O–H groups in total. The molecule has 2 atom stereocenters. The highest BCUT2D eigenvalue weighted by atomic mass is 16.5. The van der Waals surface area contributed by atoms with Gasteiger partial charge >= 0.3 is 0 Å². The van der Waals surface area contributed by atoms with Crippen molar-refractivity contribution in [3.05, 3.63) is 36.8 Å². The monoisotopic (exact) mass is 419 g/mol. The second-order valence-electron chi connectivity index (χ2n) is 8.24. The lowest BCUT2D eigenvalue weighted by Crippen LogP contribution is -2.56. The van der Waals surface area contributed by atoms with Crippen molar-refractivity contribution < 1.29 is 9.84 Å². The average Bonchev–Trinajstić information content (AvgIpc) is 3.64. The molecule has 31 heavy (non-hydrogen) atoms. The van der Waals surface area contributed by atoms with Crippen molar-refractivity contribution >= 4 is 5.95 Å². The normalized spacial score (nSPS) is 21.2. The van der Waals surface area contributed by atoms with Gasteiger partial charge in [-0.15, -0.1) is 10.2 Å². The van der Waals surface area contributed by atoms with Crippen molar-refractivity contribution in [1.29, 1.82) is 0 Å². The van der Waals surface area contributed by atoms with Gasteiger partial charge in [0, 0.05) is 42.4 Å². The second kappa shape index (κ2) is 8.07. The first-order valence-corrected chi connectivity index (χ1v) is 10.5. The summed E-state index contributed by atoms with van der Waals surface area (Å²) in [5.41, 5.74) is 2.50. The standard InChI is InChI=1S/C22H25N7O2/c1-13-10-29(11-19(26-13)14-3-4-14)22-23-9-18(27-28-22)16-6-5-15(7-20(16)30)17-8-21(31-2)25-12-24-17/h5-9,12-14,19,26,30H,3-4,10-11H2,1-2H3/t13-,19-/m1/s1. The molecule has 5 rings (SSSR count). The Morgan fingerprint density at radius 1 is 1.06 bits per heavy atom. The maximum atomic E-state index is 10.6. The first kappa shape index (κ1) is 19.6. The number of phenols is 1. The summed E-state index contributed by atoms with van der Waals surface area (Å²) in [5, 5.41) is 23.0. The predicted molar refractivity (Wildman–Crippen MR) is 116 cm³/mol. The summed E-state index contributed by atoms with van der Waals surface area (Å²) in [6.07, 6.45) is 5.70. The molecule has 3 aromatic rings. The number of nitrogens with zero attached hydrogens (tertiary/aromatic N) is 6. The van der Waals surface area contributed by atoms with Gasteiger partial charge in [-0.05, 0) is 37.8 Å². The summed E-state index contributed by atoms with van der Waals surface area (Å²) in [6, 6.07) is 7.90.